The molecule has 2 aromatic heterocycles. The van der Waals surface area contributed by atoms with Crippen molar-refractivity contribution in [3.63, 3.8) is 0 Å². The summed E-state index contributed by atoms with van der Waals surface area (Å²) in [4.78, 5) is 6.85. The average Bonchev–Trinajstić information content (AvgIpc) is 3.06. The molecule has 0 unspecified atom stereocenters. The quantitative estimate of drug-likeness (QED) is 0.752. The molecule has 4 heterocycles. The van der Waals surface area contributed by atoms with Gasteiger partial charge in [0.1, 0.15) is 0 Å². The third-order valence-corrected chi connectivity index (χ3v) is 6.32. The Kier molecular flexibility index (Phi) is 4.75. The van der Waals surface area contributed by atoms with E-state index in [1.54, 1.807) is 0 Å². The summed E-state index contributed by atoms with van der Waals surface area (Å²) in [6.07, 6.45) is 11.8. The number of piperidine rings is 1. The molecule has 0 atom stereocenters. The molecule has 4 nitrogen and oxygen atoms in total. The van der Waals surface area contributed by atoms with Crippen LogP contribution in [0.5, 0.6) is 0 Å². The Hall–Kier alpha value is -2.43. The third-order valence-electron chi connectivity index (χ3n) is 6.32. The van der Waals surface area contributed by atoms with Crippen LogP contribution in [0, 0.1) is 6.92 Å². The molecule has 1 N–H and O–H groups in total. The van der Waals surface area contributed by atoms with Crippen LogP contribution in [0.25, 0.3) is 23.2 Å². The fourth-order valence-corrected chi connectivity index (χ4v) is 4.82. The Morgan fingerprint density at radius 1 is 1.11 bits per heavy atom. The number of benzene rings is 1. The van der Waals surface area contributed by atoms with Crippen molar-refractivity contribution in [2.45, 2.75) is 38.8 Å². The van der Waals surface area contributed by atoms with E-state index < -0.39 is 0 Å². The van der Waals surface area contributed by atoms with E-state index in [1.165, 1.54) is 46.1 Å². The van der Waals surface area contributed by atoms with E-state index in [1.807, 2.05) is 12.4 Å². The minimum absolute atomic E-state index is 0.727. The molecule has 0 amide bonds. The normalized spacial score (nSPS) is 18.8. The van der Waals surface area contributed by atoms with Crippen molar-refractivity contribution >= 4 is 23.2 Å². The lowest BCUT2D eigenvalue weighted by molar-refractivity contribution is 0.147. The highest BCUT2D eigenvalue weighted by Crippen LogP contribution is 2.33. The first-order valence-electron chi connectivity index (χ1n) is 10.4. The smallest absolute Gasteiger partial charge is 0.0528 e. The Morgan fingerprint density at radius 2 is 1.93 bits per heavy atom. The zero-order valence-corrected chi connectivity index (χ0v) is 16.6. The lowest BCUT2D eigenvalue weighted by Crippen LogP contribution is -2.45. The van der Waals surface area contributed by atoms with Gasteiger partial charge in [-0.1, -0.05) is 11.6 Å². The van der Waals surface area contributed by atoms with E-state index in [0.29, 0.717) is 0 Å². The fourth-order valence-electron chi connectivity index (χ4n) is 4.82. The van der Waals surface area contributed by atoms with Crippen LogP contribution in [0.3, 0.4) is 0 Å². The molecular weight excluding hydrogens is 344 g/mol. The van der Waals surface area contributed by atoms with Gasteiger partial charge in [-0.15, -0.1) is 0 Å². The topological polar surface area (TPSA) is 33.1 Å². The SMILES string of the molecule is Cc1ccc2c(c1)c1c(n2C=Cc2ccncc2)CCN(C2CCNCC2)C1. The van der Waals surface area contributed by atoms with Gasteiger partial charge >= 0.3 is 0 Å². The van der Waals surface area contributed by atoms with Gasteiger partial charge in [0.2, 0.25) is 0 Å². The van der Waals surface area contributed by atoms with Gasteiger partial charge in [-0.05, 0) is 74.3 Å². The number of rotatable bonds is 3. The molecule has 28 heavy (non-hydrogen) atoms. The highest BCUT2D eigenvalue weighted by atomic mass is 15.2. The van der Waals surface area contributed by atoms with Crippen molar-refractivity contribution in [1.82, 2.24) is 19.8 Å². The van der Waals surface area contributed by atoms with Gasteiger partial charge in [0.25, 0.3) is 0 Å². The number of pyridine rings is 1. The molecular formula is C24H28N4. The van der Waals surface area contributed by atoms with Crippen LogP contribution in [0.4, 0.5) is 0 Å². The van der Waals surface area contributed by atoms with Gasteiger partial charge in [0.15, 0.2) is 0 Å². The maximum Gasteiger partial charge on any atom is 0.0528 e. The van der Waals surface area contributed by atoms with Crippen molar-refractivity contribution in [3.8, 4) is 0 Å². The molecule has 1 aromatic carbocycles. The van der Waals surface area contributed by atoms with Crippen LogP contribution in [0.15, 0.2) is 42.7 Å². The first-order valence-corrected chi connectivity index (χ1v) is 10.4. The number of aromatic nitrogens is 2. The first kappa shape index (κ1) is 17.7. The lowest BCUT2D eigenvalue weighted by Gasteiger charge is -2.37. The molecule has 1 fully saturated rings. The van der Waals surface area contributed by atoms with Gasteiger partial charge in [-0.25, -0.2) is 0 Å². The number of fused-ring (bicyclic) bond motifs is 3. The van der Waals surface area contributed by atoms with Gasteiger partial charge in [-0.2, -0.15) is 0 Å². The molecule has 1 saturated heterocycles. The lowest BCUT2D eigenvalue weighted by atomic mass is 9.98. The number of aryl methyl sites for hydroxylation is 1. The van der Waals surface area contributed by atoms with E-state index in [0.717, 1.165) is 38.6 Å². The minimum Gasteiger partial charge on any atom is -0.320 e. The number of nitrogens with zero attached hydrogens (tertiary/aromatic N) is 3. The molecule has 144 valence electrons. The van der Waals surface area contributed by atoms with E-state index in [-0.39, 0.29) is 0 Å². The van der Waals surface area contributed by atoms with E-state index in [9.17, 15) is 0 Å². The average molecular weight is 373 g/mol. The highest BCUT2D eigenvalue weighted by Gasteiger charge is 2.28. The van der Waals surface area contributed by atoms with Gasteiger partial charge in [-0.3, -0.25) is 9.88 Å². The summed E-state index contributed by atoms with van der Waals surface area (Å²) in [5.41, 5.74) is 6.86. The summed E-state index contributed by atoms with van der Waals surface area (Å²) in [5.74, 6) is 0. The second-order valence-electron chi connectivity index (χ2n) is 8.11. The molecule has 0 saturated carbocycles. The third kappa shape index (κ3) is 3.27. The van der Waals surface area contributed by atoms with Crippen LogP contribution >= 0.6 is 0 Å². The van der Waals surface area contributed by atoms with Crippen molar-refractivity contribution in [2.24, 2.45) is 0 Å². The Balaban J connectivity index is 1.54. The van der Waals surface area contributed by atoms with Crippen molar-refractivity contribution in [2.75, 3.05) is 19.6 Å². The second-order valence-corrected chi connectivity index (χ2v) is 8.11. The van der Waals surface area contributed by atoms with Crippen molar-refractivity contribution < 1.29 is 0 Å². The molecule has 5 rings (SSSR count). The maximum absolute atomic E-state index is 4.12. The molecule has 3 aromatic rings. The van der Waals surface area contributed by atoms with Crippen LogP contribution < -0.4 is 5.32 Å². The predicted molar refractivity (Wildman–Crippen MR) is 116 cm³/mol. The molecule has 4 heteroatoms. The standard InChI is InChI=1S/C24H28N4/c1-18-2-3-23-21(16-18)22-17-27(20-6-12-26-13-7-20)14-9-24(22)28(23)15-8-19-4-10-25-11-5-19/h2-5,8,10-11,15-16,20,26H,6-7,9,12-14,17H2,1H3. The summed E-state index contributed by atoms with van der Waals surface area (Å²) in [5, 5.41) is 4.93. The fraction of sp³-hybridized carbons (Fsp3) is 0.375. The summed E-state index contributed by atoms with van der Waals surface area (Å²) in [6.45, 7) is 6.75. The van der Waals surface area contributed by atoms with Crippen LogP contribution in [-0.4, -0.2) is 40.1 Å². The van der Waals surface area contributed by atoms with Gasteiger partial charge in [0, 0.05) is 55.2 Å². The summed E-state index contributed by atoms with van der Waals surface area (Å²) < 4.78 is 2.42. The molecule has 0 radical (unpaired) electrons. The highest BCUT2D eigenvalue weighted by molar-refractivity contribution is 5.89. The summed E-state index contributed by atoms with van der Waals surface area (Å²) in [6, 6.07) is 11.7. The number of nitrogens with one attached hydrogen (secondary N) is 1. The van der Waals surface area contributed by atoms with Crippen molar-refractivity contribution in [1.29, 1.82) is 0 Å². The maximum atomic E-state index is 4.12. The molecule has 0 aliphatic carbocycles. The zero-order valence-electron chi connectivity index (χ0n) is 16.6. The Morgan fingerprint density at radius 3 is 2.75 bits per heavy atom. The Labute approximate surface area is 166 Å². The van der Waals surface area contributed by atoms with Crippen LogP contribution in [-0.2, 0) is 13.0 Å². The monoisotopic (exact) mass is 372 g/mol. The van der Waals surface area contributed by atoms with Crippen LogP contribution in [0.1, 0.15) is 35.2 Å². The largest absolute Gasteiger partial charge is 0.320 e. The van der Waals surface area contributed by atoms with E-state index in [2.05, 4.69) is 69.3 Å². The molecule has 2 aliphatic heterocycles. The molecule has 0 bridgehead atoms. The Bertz CT molecular complexity index is 996. The minimum atomic E-state index is 0.727. The van der Waals surface area contributed by atoms with E-state index >= 15 is 0 Å². The first-order chi connectivity index (χ1) is 13.8. The van der Waals surface area contributed by atoms with Gasteiger partial charge < -0.3 is 9.88 Å². The number of hydrogen-bond acceptors (Lipinski definition) is 3. The second kappa shape index (κ2) is 7.53. The molecule has 2 aliphatic rings. The molecule has 0 spiro atoms. The zero-order chi connectivity index (χ0) is 18.9. The van der Waals surface area contributed by atoms with E-state index in [4.69, 9.17) is 0 Å². The van der Waals surface area contributed by atoms with Crippen molar-refractivity contribution in [3.05, 3.63) is 65.1 Å². The van der Waals surface area contributed by atoms with Gasteiger partial charge in [0.05, 0.1) is 5.52 Å². The van der Waals surface area contributed by atoms with Crippen LogP contribution in [0.2, 0.25) is 0 Å². The summed E-state index contributed by atoms with van der Waals surface area (Å²) in [7, 11) is 0. The number of hydrogen-bond donors (Lipinski definition) is 1. The summed E-state index contributed by atoms with van der Waals surface area (Å²) >= 11 is 0. The predicted octanol–water partition coefficient (Wildman–Crippen LogP) is 4.08.